The van der Waals surface area contributed by atoms with E-state index < -0.39 is 10.4 Å². The Morgan fingerprint density at radius 3 is 2.12 bits per heavy atom. The van der Waals surface area contributed by atoms with Crippen molar-refractivity contribution in [2.45, 2.75) is 75.6 Å². The predicted molar refractivity (Wildman–Crippen MR) is 74.4 cm³/mol. The maximum atomic E-state index is 12.4. The Bertz CT molecular complexity index is 241. The number of Topliss-reactive ketones (excluding diaryl/α,β-unsaturated/α-hetero) is 1. The van der Waals surface area contributed by atoms with Crippen LogP contribution in [-0.4, -0.2) is 21.3 Å². The van der Waals surface area contributed by atoms with Gasteiger partial charge in [-0.25, -0.2) is 0 Å². The number of carbonyl (C=O) groups excluding carboxylic acids is 1. The van der Waals surface area contributed by atoms with Gasteiger partial charge in [0.05, 0.1) is 4.32 Å². The monoisotopic (exact) mass is 304 g/mol. The minimum atomic E-state index is -0.733. The maximum absolute atomic E-state index is 12.4. The second-order valence-corrected chi connectivity index (χ2v) is 6.84. The molecule has 1 aliphatic carbocycles. The lowest BCUT2D eigenvalue weighted by molar-refractivity contribution is -0.130. The lowest BCUT2D eigenvalue weighted by atomic mass is 9.88. The number of unbranched alkanes of at least 4 members (excludes halogenated alkanes) is 2. The lowest BCUT2D eigenvalue weighted by Gasteiger charge is -2.28. The molecule has 0 aliphatic heterocycles. The zero-order chi connectivity index (χ0) is 12.9. The normalized spacial score (nSPS) is 18.1. The Hall–Kier alpha value is 0.110. The molecular formula is C14H25BrO2. The highest BCUT2D eigenvalue weighted by Gasteiger charge is 2.43. The van der Waals surface area contributed by atoms with Crippen molar-refractivity contribution in [3.05, 3.63) is 0 Å². The summed E-state index contributed by atoms with van der Waals surface area (Å²) >= 11 is 3.64. The van der Waals surface area contributed by atoms with Gasteiger partial charge in [0.25, 0.3) is 0 Å². The zero-order valence-corrected chi connectivity index (χ0v) is 12.6. The van der Waals surface area contributed by atoms with E-state index in [1.807, 2.05) is 0 Å². The predicted octanol–water partition coefficient (Wildman–Crippen LogP) is 3.84. The fourth-order valence-corrected chi connectivity index (χ4v) is 2.97. The van der Waals surface area contributed by atoms with Crippen LogP contribution >= 0.6 is 15.9 Å². The van der Waals surface area contributed by atoms with Gasteiger partial charge in [-0.3, -0.25) is 4.79 Å². The van der Waals surface area contributed by atoms with E-state index in [9.17, 15) is 9.90 Å². The second-order valence-electron chi connectivity index (χ2n) is 5.32. The first-order valence-electron chi connectivity index (χ1n) is 6.96. The number of hydrogen-bond acceptors (Lipinski definition) is 2. The first-order chi connectivity index (χ1) is 8.05. The van der Waals surface area contributed by atoms with Crippen molar-refractivity contribution in [1.82, 2.24) is 0 Å². The number of alkyl halides is 1. The Morgan fingerprint density at radius 2 is 1.76 bits per heavy atom. The van der Waals surface area contributed by atoms with Gasteiger partial charge in [0.15, 0.2) is 5.78 Å². The van der Waals surface area contributed by atoms with E-state index in [1.165, 1.54) is 0 Å². The Morgan fingerprint density at radius 1 is 1.29 bits per heavy atom. The van der Waals surface area contributed by atoms with Crippen LogP contribution in [0.5, 0.6) is 0 Å². The second kappa shape index (κ2) is 6.89. The molecule has 3 heteroatoms. The largest absolute Gasteiger partial charge is 0.385 e. The number of aliphatic hydroxyl groups excluding tert-OH is 1. The molecular weight excluding hydrogens is 280 g/mol. The van der Waals surface area contributed by atoms with Crippen molar-refractivity contribution < 1.29 is 9.90 Å². The van der Waals surface area contributed by atoms with E-state index in [4.69, 9.17) is 0 Å². The summed E-state index contributed by atoms with van der Waals surface area (Å²) in [5, 5.41) is 10.0. The van der Waals surface area contributed by atoms with Gasteiger partial charge in [-0.2, -0.15) is 0 Å². The summed E-state index contributed by atoms with van der Waals surface area (Å²) in [6, 6.07) is 0. The van der Waals surface area contributed by atoms with E-state index in [-0.39, 0.29) is 11.7 Å². The van der Waals surface area contributed by atoms with Crippen LogP contribution in [0.25, 0.3) is 0 Å². The van der Waals surface area contributed by atoms with Crippen molar-refractivity contribution in [3.8, 4) is 0 Å². The standard InChI is InChI=1S/C14H25BrO2/c1-3-5-9-14(15,10-6-4-2)13(17)12(16)11-7-8-11/h11-12,16H,3-10H2,1-2H3. The summed E-state index contributed by atoms with van der Waals surface area (Å²) < 4.78 is -0.471. The van der Waals surface area contributed by atoms with Crippen LogP contribution in [0.15, 0.2) is 0 Å². The smallest absolute Gasteiger partial charge is 0.178 e. The topological polar surface area (TPSA) is 37.3 Å². The van der Waals surface area contributed by atoms with Crippen LogP contribution in [0.2, 0.25) is 0 Å². The molecule has 1 N–H and O–H groups in total. The fraction of sp³-hybridized carbons (Fsp3) is 0.929. The van der Waals surface area contributed by atoms with Crippen LogP contribution in [0.4, 0.5) is 0 Å². The average molecular weight is 305 g/mol. The van der Waals surface area contributed by atoms with Gasteiger partial charge >= 0.3 is 0 Å². The van der Waals surface area contributed by atoms with Crippen molar-refractivity contribution in [2.75, 3.05) is 0 Å². The van der Waals surface area contributed by atoms with E-state index in [2.05, 4.69) is 29.8 Å². The highest BCUT2D eigenvalue weighted by molar-refractivity contribution is 9.10. The third-order valence-electron chi connectivity index (χ3n) is 3.63. The highest BCUT2D eigenvalue weighted by atomic mass is 79.9. The molecule has 0 aromatic rings. The molecule has 0 heterocycles. The fourth-order valence-electron chi connectivity index (χ4n) is 2.18. The van der Waals surface area contributed by atoms with Crippen molar-refractivity contribution in [2.24, 2.45) is 5.92 Å². The van der Waals surface area contributed by atoms with Crippen molar-refractivity contribution in [1.29, 1.82) is 0 Å². The van der Waals surface area contributed by atoms with Crippen LogP contribution in [0, 0.1) is 5.92 Å². The molecule has 0 spiro atoms. The molecule has 1 atom stereocenters. The molecule has 1 unspecified atom stereocenters. The third-order valence-corrected chi connectivity index (χ3v) is 4.82. The number of ketones is 1. The molecule has 0 aromatic carbocycles. The molecule has 0 bridgehead atoms. The number of carbonyl (C=O) groups is 1. The van der Waals surface area contributed by atoms with Crippen LogP contribution in [-0.2, 0) is 4.79 Å². The highest BCUT2D eigenvalue weighted by Crippen LogP contribution is 2.39. The molecule has 0 saturated heterocycles. The number of aliphatic hydroxyl groups is 1. The molecule has 17 heavy (non-hydrogen) atoms. The van der Waals surface area contributed by atoms with Gasteiger partial charge in [0.1, 0.15) is 6.10 Å². The first-order valence-corrected chi connectivity index (χ1v) is 7.75. The van der Waals surface area contributed by atoms with Crippen molar-refractivity contribution in [3.63, 3.8) is 0 Å². The van der Waals surface area contributed by atoms with Gasteiger partial charge in [0, 0.05) is 0 Å². The quantitative estimate of drug-likeness (QED) is 0.657. The van der Waals surface area contributed by atoms with E-state index in [1.54, 1.807) is 0 Å². The molecule has 1 fully saturated rings. The summed E-state index contributed by atoms with van der Waals surface area (Å²) in [7, 11) is 0. The molecule has 1 rings (SSSR count). The summed E-state index contributed by atoms with van der Waals surface area (Å²) in [5.41, 5.74) is 0. The van der Waals surface area contributed by atoms with Crippen molar-refractivity contribution >= 4 is 21.7 Å². The van der Waals surface area contributed by atoms with Crippen LogP contribution < -0.4 is 0 Å². The Balaban J connectivity index is 2.61. The van der Waals surface area contributed by atoms with Gasteiger partial charge in [-0.15, -0.1) is 0 Å². The summed E-state index contributed by atoms with van der Waals surface area (Å²) in [5.74, 6) is 0.268. The molecule has 2 nitrogen and oxygen atoms in total. The van der Waals surface area contributed by atoms with Gasteiger partial charge in [-0.1, -0.05) is 55.5 Å². The number of rotatable bonds is 9. The van der Waals surface area contributed by atoms with E-state index >= 15 is 0 Å². The third kappa shape index (κ3) is 4.36. The maximum Gasteiger partial charge on any atom is 0.178 e. The minimum Gasteiger partial charge on any atom is -0.385 e. The van der Waals surface area contributed by atoms with E-state index in [0.717, 1.165) is 51.4 Å². The van der Waals surface area contributed by atoms with Gasteiger partial charge < -0.3 is 5.11 Å². The molecule has 1 saturated carbocycles. The van der Waals surface area contributed by atoms with Gasteiger partial charge in [-0.05, 0) is 31.6 Å². The summed E-state index contributed by atoms with van der Waals surface area (Å²) in [4.78, 5) is 12.4. The molecule has 1 aliphatic rings. The Kier molecular flexibility index (Phi) is 6.14. The lowest BCUT2D eigenvalue weighted by Crippen LogP contribution is -2.41. The Labute approximate surface area is 113 Å². The van der Waals surface area contributed by atoms with Gasteiger partial charge in [0.2, 0.25) is 0 Å². The molecule has 0 aromatic heterocycles. The van der Waals surface area contributed by atoms with Crippen LogP contribution in [0.3, 0.4) is 0 Å². The van der Waals surface area contributed by atoms with E-state index in [0.29, 0.717) is 0 Å². The summed E-state index contributed by atoms with van der Waals surface area (Å²) in [6.07, 6.45) is 7.25. The van der Waals surface area contributed by atoms with Crippen LogP contribution in [0.1, 0.15) is 65.2 Å². The number of halogens is 1. The molecule has 0 radical (unpaired) electrons. The average Bonchev–Trinajstić information content (AvgIpc) is 3.16. The zero-order valence-electron chi connectivity index (χ0n) is 11.0. The minimum absolute atomic E-state index is 0.0295. The summed E-state index contributed by atoms with van der Waals surface area (Å²) in [6.45, 7) is 4.27. The molecule has 100 valence electrons. The first kappa shape index (κ1) is 15.2. The molecule has 0 amide bonds. The SMILES string of the molecule is CCCCC(Br)(CCCC)C(=O)C(O)C1CC1. The number of hydrogen-bond donors (Lipinski definition) is 1.